The van der Waals surface area contributed by atoms with E-state index in [0.29, 0.717) is 26.1 Å². The van der Waals surface area contributed by atoms with Crippen molar-refractivity contribution in [3.8, 4) is 0 Å². The normalized spacial score (nSPS) is 22.3. The van der Waals surface area contributed by atoms with Crippen LogP contribution >= 0.6 is 0 Å². The summed E-state index contributed by atoms with van der Waals surface area (Å²) in [5.41, 5.74) is 1.07. The highest BCUT2D eigenvalue weighted by Crippen LogP contribution is 2.32. The molecule has 2 heterocycles. The minimum Gasteiger partial charge on any atom is -0.354 e. The molecule has 2 aliphatic rings. The van der Waals surface area contributed by atoms with Crippen molar-refractivity contribution in [3.05, 3.63) is 30.1 Å². The molecular weight excluding hydrogens is 340 g/mol. The molecular formula is C21H32N4O2. The van der Waals surface area contributed by atoms with Gasteiger partial charge in [0, 0.05) is 44.0 Å². The van der Waals surface area contributed by atoms with Crippen molar-refractivity contribution < 1.29 is 9.59 Å². The second-order valence-electron chi connectivity index (χ2n) is 8.05. The zero-order valence-electron chi connectivity index (χ0n) is 16.6. The first-order chi connectivity index (χ1) is 13.0. The number of carbonyl (C=O) groups is 2. The molecule has 0 radical (unpaired) electrons. The zero-order chi connectivity index (χ0) is 19.3. The second-order valence-corrected chi connectivity index (χ2v) is 8.05. The maximum atomic E-state index is 12.8. The van der Waals surface area contributed by atoms with Crippen molar-refractivity contribution in [3.63, 3.8) is 0 Å². The number of nitrogens with one attached hydrogen (secondary N) is 1. The summed E-state index contributed by atoms with van der Waals surface area (Å²) >= 11 is 0. The van der Waals surface area contributed by atoms with Crippen LogP contribution in [0.4, 0.5) is 0 Å². The van der Waals surface area contributed by atoms with Crippen LogP contribution in [-0.2, 0) is 16.1 Å². The number of hydrogen-bond donors (Lipinski definition) is 1. The third kappa shape index (κ3) is 4.67. The molecule has 1 atom stereocenters. The maximum Gasteiger partial charge on any atom is 0.225 e. The van der Waals surface area contributed by atoms with Crippen molar-refractivity contribution in [2.24, 2.45) is 5.92 Å². The highest BCUT2D eigenvalue weighted by Gasteiger charge is 2.38. The number of pyridine rings is 1. The van der Waals surface area contributed by atoms with Crippen LogP contribution in [0, 0.1) is 5.92 Å². The summed E-state index contributed by atoms with van der Waals surface area (Å²) in [6.07, 6.45) is 9.80. The van der Waals surface area contributed by atoms with E-state index in [4.69, 9.17) is 0 Å². The van der Waals surface area contributed by atoms with Crippen molar-refractivity contribution in [1.82, 2.24) is 20.1 Å². The molecule has 1 aromatic rings. The van der Waals surface area contributed by atoms with Gasteiger partial charge in [-0.3, -0.25) is 19.5 Å². The highest BCUT2D eigenvalue weighted by molar-refractivity contribution is 5.89. The molecule has 1 aliphatic carbocycles. The van der Waals surface area contributed by atoms with E-state index in [1.165, 1.54) is 19.3 Å². The van der Waals surface area contributed by atoms with Gasteiger partial charge < -0.3 is 10.2 Å². The van der Waals surface area contributed by atoms with Gasteiger partial charge in [-0.25, -0.2) is 0 Å². The molecule has 1 saturated heterocycles. The van der Waals surface area contributed by atoms with Crippen LogP contribution in [0.3, 0.4) is 0 Å². The van der Waals surface area contributed by atoms with Gasteiger partial charge >= 0.3 is 0 Å². The molecule has 3 rings (SSSR count). The second kappa shape index (κ2) is 8.83. The third-order valence-electron chi connectivity index (χ3n) is 6.34. The van der Waals surface area contributed by atoms with E-state index in [-0.39, 0.29) is 23.3 Å². The Kier molecular flexibility index (Phi) is 6.47. The molecule has 27 heavy (non-hydrogen) atoms. The molecule has 6 heteroatoms. The van der Waals surface area contributed by atoms with Crippen molar-refractivity contribution in [1.29, 1.82) is 0 Å². The summed E-state index contributed by atoms with van der Waals surface area (Å²) in [4.78, 5) is 33.4. The van der Waals surface area contributed by atoms with Crippen LogP contribution < -0.4 is 5.32 Å². The summed E-state index contributed by atoms with van der Waals surface area (Å²) in [5, 5.41) is 3.18. The Morgan fingerprint density at radius 2 is 2.15 bits per heavy atom. The lowest BCUT2D eigenvalue weighted by molar-refractivity contribution is -0.129. The van der Waals surface area contributed by atoms with Crippen LogP contribution in [0.5, 0.6) is 0 Å². The van der Waals surface area contributed by atoms with Gasteiger partial charge in [0.05, 0.1) is 5.92 Å². The molecule has 1 aromatic heterocycles. The minimum absolute atomic E-state index is 0.0199. The minimum atomic E-state index is -0.248. The monoisotopic (exact) mass is 372 g/mol. The van der Waals surface area contributed by atoms with Gasteiger partial charge in [-0.05, 0) is 38.1 Å². The lowest BCUT2D eigenvalue weighted by Crippen LogP contribution is -2.55. The molecule has 0 unspecified atom stereocenters. The standard InChI is InChI=1S/C21H32N4O2/c1-3-24(2)21(9-5-4-6-10-21)16-23-20(27)18-12-19(26)25(15-18)14-17-8-7-11-22-13-17/h7-8,11,13,18H,3-6,9-10,12,14-16H2,1-2H3,(H,23,27)/t18-/m0/s1. The Labute approximate surface area is 162 Å². The van der Waals surface area contributed by atoms with Crippen LogP contribution in [0.15, 0.2) is 24.5 Å². The van der Waals surface area contributed by atoms with Gasteiger partial charge in [0.15, 0.2) is 0 Å². The fourth-order valence-electron chi connectivity index (χ4n) is 4.45. The molecule has 6 nitrogen and oxygen atoms in total. The Morgan fingerprint density at radius 1 is 1.37 bits per heavy atom. The average molecular weight is 373 g/mol. The number of aromatic nitrogens is 1. The first-order valence-electron chi connectivity index (χ1n) is 10.2. The number of likely N-dealkylation sites (N-methyl/N-ethyl adjacent to an activating group) is 1. The molecule has 148 valence electrons. The van der Waals surface area contributed by atoms with Crippen LogP contribution in [-0.4, -0.2) is 58.8 Å². The number of nitrogens with zero attached hydrogens (tertiary/aromatic N) is 3. The number of carbonyl (C=O) groups excluding carboxylic acids is 2. The molecule has 2 fully saturated rings. The van der Waals surface area contributed by atoms with E-state index in [1.54, 1.807) is 17.3 Å². The topological polar surface area (TPSA) is 65.5 Å². The van der Waals surface area contributed by atoms with E-state index < -0.39 is 0 Å². The predicted octanol–water partition coefficient (Wildman–Crippen LogP) is 2.20. The zero-order valence-corrected chi connectivity index (χ0v) is 16.6. The summed E-state index contributed by atoms with van der Waals surface area (Å²) in [7, 11) is 2.16. The quantitative estimate of drug-likeness (QED) is 0.797. The first-order valence-corrected chi connectivity index (χ1v) is 10.2. The maximum absolute atomic E-state index is 12.8. The molecule has 0 aromatic carbocycles. The van der Waals surface area contributed by atoms with E-state index in [9.17, 15) is 9.59 Å². The van der Waals surface area contributed by atoms with Gasteiger partial charge in [0.2, 0.25) is 11.8 Å². The van der Waals surface area contributed by atoms with Gasteiger partial charge in [0.25, 0.3) is 0 Å². The fraction of sp³-hybridized carbons (Fsp3) is 0.667. The Morgan fingerprint density at radius 3 is 2.81 bits per heavy atom. The average Bonchev–Trinajstić information content (AvgIpc) is 3.07. The Balaban J connectivity index is 1.55. The van der Waals surface area contributed by atoms with Crippen LogP contribution in [0.25, 0.3) is 0 Å². The molecule has 1 saturated carbocycles. The molecule has 0 spiro atoms. The van der Waals surface area contributed by atoms with Gasteiger partial charge in [-0.2, -0.15) is 0 Å². The van der Waals surface area contributed by atoms with E-state index >= 15 is 0 Å². The summed E-state index contributed by atoms with van der Waals surface area (Å²) < 4.78 is 0. The van der Waals surface area contributed by atoms with Gasteiger partial charge in [0.1, 0.15) is 0 Å². The van der Waals surface area contributed by atoms with Crippen molar-refractivity contribution >= 4 is 11.8 Å². The predicted molar refractivity (Wildman–Crippen MR) is 105 cm³/mol. The molecule has 2 amide bonds. The third-order valence-corrected chi connectivity index (χ3v) is 6.34. The van der Waals surface area contributed by atoms with Gasteiger partial charge in [-0.15, -0.1) is 0 Å². The number of rotatable bonds is 7. The summed E-state index contributed by atoms with van der Waals surface area (Å²) in [5.74, 6) is -0.176. The van der Waals surface area contributed by atoms with E-state index in [1.807, 2.05) is 12.1 Å². The van der Waals surface area contributed by atoms with Crippen LogP contribution in [0.1, 0.15) is 51.0 Å². The SMILES string of the molecule is CCN(C)C1(CNC(=O)[C@H]2CC(=O)N(Cc3cccnc3)C2)CCCCC1. The fourth-order valence-corrected chi connectivity index (χ4v) is 4.45. The summed E-state index contributed by atoms with van der Waals surface area (Å²) in [6.45, 7) is 4.86. The van der Waals surface area contributed by atoms with Crippen LogP contribution in [0.2, 0.25) is 0 Å². The lowest BCUT2D eigenvalue weighted by atomic mass is 9.80. The number of likely N-dealkylation sites (tertiary alicyclic amines) is 1. The first kappa shape index (κ1) is 19.8. The highest BCUT2D eigenvalue weighted by atomic mass is 16.2. The lowest BCUT2D eigenvalue weighted by Gasteiger charge is -2.44. The van der Waals surface area contributed by atoms with Gasteiger partial charge in [-0.1, -0.05) is 32.3 Å². The summed E-state index contributed by atoms with van der Waals surface area (Å²) in [6, 6.07) is 3.83. The Bertz CT molecular complexity index is 643. The van der Waals surface area contributed by atoms with E-state index in [0.717, 1.165) is 24.9 Å². The molecule has 1 aliphatic heterocycles. The Hall–Kier alpha value is -1.95. The van der Waals surface area contributed by atoms with E-state index in [2.05, 4.69) is 29.2 Å². The van der Waals surface area contributed by atoms with Crippen molar-refractivity contribution in [2.45, 2.75) is 57.5 Å². The van der Waals surface area contributed by atoms with Crippen molar-refractivity contribution in [2.75, 3.05) is 26.7 Å². The number of amides is 2. The number of hydrogen-bond acceptors (Lipinski definition) is 4. The molecule has 1 N–H and O–H groups in total. The molecule has 0 bridgehead atoms. The largest absolute Gasteiger partial charge is 0.354 e. The smallest absolute Gasteiger partial charge is 0.225 e.